The largest absolute Gasteiger partial charge is 0.367 e. The van der Waals surface area contributed by atoms with Gasteiger partial charge in [0.05, 0.1) is 5.69 Å². The molecule has 0 unspecified atom stereocenters. The zero-order valence-electron chi connectivity index (χ0n) is 13.8. The topological polar surface area (TPSA) is 80.0 Å². The minimum atomic E-state index is -0.192. The van der Waals surface area contributed by atoms with Crippen LogP contribution in [0.1, 0.15) is 41.1 Å². The highest BCUT2D eigenvalue weighted by atomic mass is 127. The highest BCUT2D eigenvalue weighted by Crippen LogP contribution is 2.28. The second-order valence-electron chi connectivity index (χ2n) is 6.38. The number of amides is 1. The van der Waals surface area contributed by atoms with Gasteiger partial charge in [0.1, 0.15) is 5.82 Å². The maximum absolute atomic E-state index is 12.0. The molecule has 128 valence electrons. The molecule has 2 aromatic rings. The van der Waals surface area contributed by atoms with Crippen LogP contribution >= 0.6 is 22.6 Å². The Balaban J connectivity index is 1.48. The Kier molecular flexibility index (Phi) is 5.37. The second-order valence-corrected chi connectivity index (χ2v) is 7.63. The summed E-state index contributed by atoms with van der Waals surface area (Å²) in [5.74, 6) is 1.52. The van der Waals surface area contributed by atoms with Crippen molar-refractivity contribution in [2.45, 2.75) is 39.2 Å². The van der Waals surface area contributed by atoms with E-state index in [2.05, 4.69) is 56.4 Å². The van der Waals surface area contributed by atoms with Gasteiger partial charge in [0.15, 0.2) is 0 Å². The Hall–Kier alpha value is -1.64. The highest BCUT2D eigenvalue weighted by Gasteiger charge is 2.26. The van der Waals surface area contributed by atoms with Gasteiger partial charge in [-0.1, -0.05) is 5.16 Å². The Morgan fingerprint density at radius 3 is 2.92 bits per heavy atom. The molecule has 0 aliphatic heterocycles. The molecule has 2 N–H and O–H groups in total. The smallest absolute Gasteiger partial charge is 0.289 e. The minimum absolute atomic E-state index is 0.192. The van der Waals surface area contributed by atoms with Gasteiger partial charge in [-0.3, -0.25) is 4.79 Å². The van der Waals surface area contributed by atoms with Crippen molar-refractivity contribution in [3.63, 3.8) is 0 Å². The maximum Gasteiger partial charge on any atom is 0.289 e. The van der Waals surface area contributed by atoms with Crippen molar-refractivity contribution in [3.05, 3.63) is 38.9 Å². The Bertz CT molecular complexity index is 731. The number of pyridine rings is 1. The summed E-state index contributed by atoms with van der Waals surface area (Å²) in [6, 6.07) is 4.19. The third kappa shape index (κ3) is 4.25. The molecule has 1 fully saturated rings. The molecule has 0 bridgehead atoms. The molecular weight excluding hydrogens is 419 g/mol. The summed E-state index contributed by atoms with van der Waals surface area (Å²) in [7, 11) is 0. The molecule has 0 aromatic carbocycles. The van der Waals surface area contributed by atoms with E-state index in [4.69, 9.17) is 4.52 Å². The molecule has 7 heteroatoms. The molecule has 1 saturated carbocycles. The summed E-state index contributed by atoms with van der Waals surface area (Å²) in [5, 5.41) is 10.2. The lowest BCUT2D eigenvalue weighted by molar-refractivity contribution is 0.0910. The number of nitrogens with one attached hydrogen (secondary N) is 2. The van der Waals surface area contributed by atoms with E-state index in [9.17, 15) is 4.79 Å². The number of halogens is 1. The van der Waals surface area contributed by atoms with Crippen molar-refractivity contribution >= 4 is 34.3 Å². The zero-order valence-corrected chi connectivity index (χ0v) is 16.0. The van der Waals surface area contributed by atoms with Crippen molar-refractivity contribution in [3.8, 4) is 0 Å². The lowest BCUT2D eigenvalue weighted by Gasteiger charge is -2.16. The summed E-state index contributed by atoms with van der Waals surface area (Å²) < 4.78 is 6.12. The van der Waals surface area contributed by atoms with Gasteiger partial charge in [-0.25, -0.2) is 4.98 Å². The third-order valence-electron chi connectivity index (χ3n) is 4.33. The first kappa shape index (κ1) is 17.2. The highest BCUT2D eigenvalue weighted by molar-refractivity contribution is 14.1. The summed E-state index contributed by atoms with van der Waals surface area (Å²) >= 11 is 2.27. The first-order valence-corrected chi connectivity index (χ1v) is 9.19. The number of aryl methyl sites for hydroxylation is 2. The van der Waals surface area contributed by atoms with E-state index in [1.165, 1.54) is 5.56 Å². The van der Waals surface area contributed by atoms with E-state index < -0.39 is 0 Å². The van der Waals surface area contributed by atoms with Crippen molar-refractivity contribution in [1.82, 2.24) is 15.5 Å². The molecule has 2 heterocycles. The molecule has 2 aromatic heterocycles. The predicted molar refractivity (Wildman–Crippen MR) is 100 cm³/mol. The number of hydrogen-bond donors (Lipinski definition) is 2. The standard InChI is InChI=1S/C17H21IN4O2/c1-10-5-13(18)9-19-16(10)21-14-4-3-12(7-14)8-20-17(23)15-6-11(2)22-24-15/h5-6,9,12,14H,3-4,7-8H2,1-2H3,(H,19,21)(H,20,23)/t12-,14+/m1/s1. The SMILES string of the molecule is Cc1cc(C(=O)NC[C@@H]2CC[C@H](Nc3ncc(I)cc3C)C2)on1. The zero-order chi connectivity index (χ0) is 17.1. The monoisotopic (exact) mass is 440 g/mol. The fourth-order valence-electron chi connectivity index (χ4n) is 3.07. The number of aromatic nitrogens is 2. The van der Waals surface area contributed by atoms with Gasteiger partial charge >= 0.3 is 0 Å². The molecule has 1 aliphatic rings. The number of carbonyl (C=O) groups excluding carboxylic acids is 1. The van der Waals surface area contributed by atoms with Crippen LogP contribution in [-0.4, -0.2) is 28.6 Å². The van der Waals surface area contributed by atoms with Crippen LogP contribution in [-0.2, 0) is 0 Å². The average molecular weight is 440 g/mol. The lowest BCUT2D eigenvalue weighted by Crippen LogP contribution is -2.28. The van der Waals surface area contributed by atoms with Gasteiger partial charge in [-0.2, -0.15) is 0 Å². The summed E-state index contributed by atoms with van der Waals surface area (Å²) in [5.41, 5.74) is 1.88. The first-order chi connectivity index (χ1) is 11.5. The van der Waals surface area contributed by atoms with E-state index >= 15 is 0 Å². The molecule has 24 heavy (non-hydrogen) atoms. The average Bonchev–Trinajstić information content (AvgIpc) is 3.17. The Labute approximate surface area is 154 Å². The van der Waals surface area contributed by atoms with Crippen molar-refractivity contribution in [2.24, 2.45) is 5.92 Å². The summed E-state index contributed by atoms with van der Waals surface area (Å²) in [6.45, 7) is 4.54. The van der Waals surface area contributed by atoms with Crippen LogP contribution < -0.4 is 10.6 Å². The molecule has 1 amide bonds. The van der Waals surface area contributed by atoms with Gasteiger partial charge < -0.3 is 15.2 Å². The first-order valence-electron chi connectivity index (χ1n) is 8.11. The van der Waals surface area contributed by atoms with Crippen LogP contribution in [0.4, 0.5) is 5.82 Å². The molecule has 1 aliphatic carbocycles. The molecule has 0 radical (unpaired) electrons. The van der Waals surface area contributed by atoms with Crippen LogP contribution in [0.15, 0.2) is 22.9 Å². The molecule has 0 saturated heterocycles. The van der Waals surface area contributed by atoms with Crippen molar-refractivity contribution < 1.29 is 9.32 Å². The second kappa shape index (κ2) is 7.50. The molecule has 2 atom stereocenters. The van der Waals surface area contributed by atoms with Gasteiger partial charge in [0.25, 0.3) is 5.91 Å². The van der Waals surface area contributed by atoms with E-state index in [1.807, 2.05) is 6.20 Å². The predicted octanol–water partition coefficient (Wildman–Crippen LogP) is 3.30. The van der Waals surface area contributed by atoms with Crippen LogP contribution in [0.2, 0.25) is 0 Å². The van der Waals surface area contributed by atoms with Crippen LogP contribution in [0.25, 0.3) is 0 Å². The van der Waals surface area contributed by atoms with Crippen LogP contribution in [0.3, 0.4) is 0 Å². The fourth-order valence-corrected chi connectivity index (χ4v) is 3.68. The number of rotatable bonds is 5. The number of nitrogens with zero attached hydrogens (tertiary/aromatic N) is 2. The van der Waals surface area contributed by atoms with Gasteiger partial charge in [0.2, 0.25) is 5.76 Å². The van der Waals surface area contributed by atoms with Gasteiger partial charge in [-0.15, -0.1) is 0 Å². The Morgan fingerprint density at radius 2 is 2.21 bits per heavy atom. The van der Waals surface area contributed by atoms with E-state index in [-0.39, 0.29) is 11.7 Å². The van der Waals surface area contributed by atoms with Gasteiger partial charge in [-0.05, 0) is 73.2 Å². The van der Waals surface area contributed by atoms with E-state index in [0.717, 1.165) is 28.7 Å². The van der Waals surface area contributed by atoms with Crippen molar-refractivity contribution in [1.29, 1.82) is 0 Å². The van der Waals surface area contributed by atoms with Gasteiger partial charge in [0, 0.05) is 28.4 Å². The number of hydrogen-bond acceptors (Lipinski definition) is 5. The molecular formula is C17H21IN4O2. The quantitative estimate of drug-likeness (QED) is 0.698. The van der Waals surface area contributed by atoms with E-state index in [1.54, 1.807) is 13.0 Å². The number of carbonyl (C=O) groups is 1. The Morgan fingerprint density at radius 1 is 1.38 bits per heavy atom. The van der Waals surface area contributed by atoms with Crippen LogP contribution in [0.5, 0.6) is 0 Å². The maximum atomic E-state index is 12.0. The lowest BCUT2D eigenvalue weighted by atomic mass is 10.1. The number of anilines is 1. The summed E-state index contributed by atoms with van der Waals surface area (Å²) in [6.07, 6.45) is 5.09. The molecule has 0 spiro atoms. The normalized spacial score (nSPS) is 20.1. The molecule has 3 rings (SSSR count). The minimum Gasteiger partial charge on any atom is -0.367 e. The van der Waals surface area contributed by atoms with Crippen LogP contribution in [0, 0.1) is 23.3 Å². The third-order valence-corrected chi connectivity index (χ3v) is 4.92. The van der Waals surface area contributed by atoms with Crippen molar-refractivity contribution in [2.75, 3.05) is 11.9 Å². The fraction of sp³-hybridized carbons (Fsp3) is 0.471. The summed E-state index contributed by atoms with van der Waals surface area (Å²) in [4.78, 5) is 16.5. The molecule has 6 nitrogen and oxygen atoms in total. The van der Waals surface area contributed by atoms with E-state index in [0.29, 0.717) is 24.2 Å².